The fraction of sp³-hybridized carbons (Fsp3) is 0.800. The Bertz CT molecular complexity index is 555. The first-order valence-corrected chi connectivity index (χ1v) is 9.88. The Morgan fingerprint density at radius 1 is 0.964 bits per heavy atom. The molecule has 0 aromatic heterocycles. The standard InChI is InChI=1S/C20H38N4O4/c1-13(2)17(26)22-10-8-14(3)19(28)24(7)15(18(27)23-11-9-21)12-16(25)20(4,5)6/h13-15H,8-12,21H2,1-7H3,(H,22,26)(H,23,27)/t14?,15-/m0/s1. The van der Waals surface area contributed by atoms with Crippen molar-refractivity contribution in [2.45, 2.75) is 60.4 Å². The van der Waals surface area contributed by atoms with Crippen molar-refractivity contribution in [2.75, 3.05) is 26.7 Å². The van der Waals surface area contributed by atoms with Crippen LogP contribution in [-0.4, -0.2) is 61.1 Å². The van der Waals surface area contributed by atoms with Crippen LogP contribution in [0.15, 0.2) is 0 Å². The van der Waals surface area contributed by atoms with Crippen LogP contribution >= 0.6 is 0 Å². The minimum atomic E-state index is -0.890. The molecular weight excluding hydrogens is 360 g/mol. The van der Waals surface area contributed by atoms with Crippen molar-refractivity contribution in [2.24, 2.45) is 23.0 Å². The molecule has 0 aliphatic rings. The van der Waals surface area contributed by atoms with E-state index in [0.29, 0.717) is 13.0 Å². The zero-order chi connectivity index (χ0) is 22.1. The Labute approximate surface area is 169 Å². The summed E-state index contributed by atoms with van der Waals surface area (Å²) in [7, 11) is 1.54. The first-order chi connectivity index (χ1) is 12.8. The van der Waals surface area contributed by atoms with Crippen molar-refractivity contribution < 1.29 is 19.2 Å². The molecule has 0 aromatic carbocycles. The number of nitrogens with one attached hydrogen (secondary N) is 2. The molecule has 0 aliphatic carbocycles. The van der Waals surface area contributed by atoms with Crippen LogP contribution in [0, 0.1) is 17.3 Å². The minimum Gasteiger partial charge on any atom is -0.356 e. The second-order valence-corrected chi connectivity index (χ2v) is 8.56. The number of amides is 3. The lowest BCUT2D eigenvalue weighted by Crippen LogP contribution is -2.51. The van der Waals surface area contributed by atoms with Gasteiger partial charge in [0.15, 0.2) is 0 Å². The van der Waals surface area contributed by atoms with Crippen LogP contribution < -0.4 is 16.4 Å². The molecule has 8 nitrogen and oxygen atoms in total. The third-order valence-corrected chi connectivity index (χ3v) is 4.60. The predicted molar refractivity (Wildman–Crippen MR) is 109 cm³/mol. The number of hydrogen-bond acceptors (Lipinski definition) is 5. The van der Waals surface area contributed by atoms with Gasteiger partial charge >= 0.3 is 0 Å². The average Bonchev–Trinajstić information content (AvgIpc) is 2.61. The van der Waals surface area contributed by atoms with E-state index >= 15 is 0 Å². The van der Waals surface area contributed by atoms with Crippen molar-refractivity contribution in [3.8, 4) is 0 Å². The molecule has 0 bridgehead atoms. The van der Waals surface area contributed by atoms with Gasteiger partial charge in [-0.05, 0) is 6.42 Å². The summed E-state index contributed by atoms with van der Waals surface area (Å²) in [5, 5.41) is 5.45. The number of likely N-dealkylation sites (N-methyl/N-ethyl adjacent to an activating group) is 1. The maximum Gasteiger partial charge on any atom is 0.243 e. The molecule has 8 heteroatoms. The van der Waals surface area contributed by atoms with Crippen LogP contribution in [0.3, 0.4) is 0 Å². The molecule has 0 aliphatic heterocycles. The third-order valence-electron chi connectivity index (χ3n) is 4.60. The Morgan fingerprint density at radius 3 is 1.96 bits per heavy atom. The molecule has 3 amide bonds. The molecule has 4 N–H and O–H groups in total. The number of carbonyl (C=O) groups excluding carboxylic acids is 4. The van der Waals surface area contributed by atoms with Gasteiger partial charge in [0.2, 0.25) is 17.7 Å². The Balaban J connectivity index is 5.09. The predicted octanol–water partition coefficient (Wildman–Crippen LogP) is 0.692. The van der Waals surface area contributed by atoms with Gasteiger partial charge in [0, 0.05) is 50.4 Å². The van der Waals surface area contributed by atoms with E-state index < -0.39 is 17.4 Å². The molecule has 0 heterocycles. The zero-order valence-corrected chi connectivity index (χ0v) is 18.4. The van der Waals surface area contributed by atoms with Crippen molar-refractivity contribution in [3.63, 3.8) is 0 Å². The molecule has 1 unspecified atom stereocenters. The van der Waals surface area contributed by atoms with E-state index in [0.717, 1.165) is 0 Å². The topological polar surface area (TPSA) is 122 Å². The monoisotopic (exact) mass is 398 g/mol. The SMILES string of the molecule is CC(C)C(=O)NCCC(C)C(=O)N(C)[C@@H](CC(=O)C(C)(C)C)C(=O)NCCN. The fourth-order valence-electron chi connectivity index (χ4n) is 2.44. The van der Waals surface area contributed by atoms with Crippen molar-refractivity contribution >= 4 is 23.5 Å². The van der Waals surface area contributed by atoms with Gasteiger partial charge in [0.05, 0.1) is 0 Å². The largest absolute Gasteiger partial charge is 0.356 e. The number of carbonyl (C=O) groups is 4. The van der Waals surface area contributed by atoms with Gasteiger partial charge in [0.1, 0.15) is 11.8 Å². The van der Waals surface area contributed by atoms with Crippen LogP contribution in [-0.2, 0) is 19.2 Å². The van der Waals surface area contributed by atoms with E-state index in [1.54, 1.807) is 41.5 Å². The summed E-state index contributed by atoms with van der Waals surface area (Å²) in [6.45, 7) is 11.6. The molecule has 0 fully saturated rings. The van der Waals surface area contributed by atoms with Gasteiger partial charge in [0.25, 0.3) is 0 Å². The van der Waals surface area contributed by atoms with E-state index in [1.165, 1.54) is 11.9 Å². The minimum absolute atomic E-state index is 0.0566. The summed E-state index contributed by atoms with van der Waals surface area (Å²) in [6, 6.07) is -0.890. The molecule has 0 aromatic rings. The van der Waals surface area contributed by atoms with Crippen LogP contribution in [0.2, 0.25) is 0 Å². The van der Waals surface area contributed by atoms with Gasteiger partial charge in [-0.1, -0.05) is 41.5 Å². The fourth-order valence-corrected chi connectivity index (χ4v) is 2.44. The molecule has 0 rings (SSSR count). The highest BCUT2D eigenvalue weighted by atomic mass is 16.2. The lowest BCUT2D eigenvalue weighted by Gasteiger charge is -2.31. The summed E-state index contributed by atoms with van der Waals surface area (Å²) >= 11 is 0. The van der Waals surface area contributed by atoms with E-state index in [-0.39, 0.29) is 48.9 Å². The Kier molecular flexibility index (Phi) is 11.0. The highest BCUT2D eigenvalue weighted by molar-refractivity contribution is 5.94. The van der Waals surface area contributed by atoms with Gasteiger partial charge in [-0.15, -0.1) is 0 Å². The van der Waals surface area contributed by atoms with Crippen LogP contribution in [0.1, 0.15) is 54.4 Å². The van der Waals surface area contributed by atoms with Gasteiger partial charge in [-0.2, -0.15) is 0 Å². The van der Waals surface area contributed by atoms with E-state index in [1.807, 2.05) is 0 Å². The maximum absolute atomic E-state index is 12.8. The van der Waals surface area contributed by atoms with Crippen molar-refractivity contribution in [1.82, 2.24) is 15.5 Å². The molecular formula is C20H38N4O4. The van der Waals surface area contributed by atoms with Crippen LogP contribution in [0.4, 0.5) is 0 Å². The first kappa shape index (κ1) is 26.0. The van der Waals surface area contributed by atoms with Crippen LogP contribution in [0.25, 0.3) is 0 Å². The van der Waals surface area contributed by atoms with Gasteiger partial charge < -0.3 is 21.3 Å². The Hall–Kier alpha value is -1.96. The summed E-state index contributed by atoms with van der Waals surface area (Å²) in [5.41, 5.74) is 4.83. The number of nitrogens with zero attached hydrogens (tertiary/aromatic N) is 1. The van der Waals surface area contributed by atoms with Gasteiger partial charge in [-0.25, -0.2) is 0 Å². The summed E-state index contributed by atoms with van der Waals surface area (Å²) < 4.78 is 0. The maximum atomic E-state index is 12.8. The van der Waals surface area contributed by atoms with E-state index in [2.05, 4.69) is 10.6 Å². The molecule has 162 valence electrons. The van der Waals surface area contributed by atoms with Crippen molar-refractivity contribution in [3.05, 3.63) is 0 Å². The summed E-state index contributed by atoms with van der Waals surface area (Å²) in [4.78, 5) is 50.8. The van der Waals surface area contributed by atoms with E-state index in [4.69, 9.17) is 5.73 Å². The second-order valence-electron chi connectivity index (χ2n) is 8.56. The number of nitrogens with two attached hydrogens (primary N) is 1. The highest BCUT2D eigenvalue weighted by Crippen LogP contribution is 2.20. The second kappa shape index (κ2) is 11.8. The number of Topliss-reactive ketones (excluding diaryl/α,β-unsaturated/α-hetero) is 1. The number of rotatable bonds is 11. The molecule has 0 spiro atoms. The molecule has 28 heavy (non-hydrogen) atoms. The third kappa shape index (κ3) is 8.82. The Morgan fingerprint density at radius 2 is 1.50 bits per heavy atom. The molecule has 0 saturated heterocycles. The lowest BCUT2D eigenvalue weighted by molar-refractivity contribution is -0.144. The lowest BCUT2D eigenvalue weighted by atomic mass is 9.86. The quantitative estimate of drug-likeness (QED) is 0.473. The molecule has 0 radical (unpaired) electrons. The zero-order valence-electron chi connectivity index (χ0n) is 18.4. The number of ketones is 1. The average molecular weight is 399 g/mol. The van der Waals surface area contributed by atoms with Crippen molar-refractivity contribution in [1.29, 1.82) is 0 Å². The van der Waals surface area contributed by atoms with E-state index in [9.17, 15) is 19.2 Å². The normalized spacial score (nSPS) is 13.6. The molecule has 2 atom stereocenters. The summed E-state index contributed by atoms with van der Waals surface area (Å²) in [6.07, 6.45) is 0.394. The van der Waals surface area contributed by atoms with Gasteiger partial charge in [-0.3, -0.25) is 19.2 Å². The highest BCUT2D eigenvalue weighted by Gasteiger charge is 2.34. The molecule has 0 saturated carbocycles. The first-order valence-electron chi connectivity index (χ1n) is 9.88. The number of hydrogen-bond donors (Lipinski definition) is 3. The summed E-state index contributed by atoms with van der Waals surface area (Å²) in [5.74, 6) is -1.31. The van der Waals surface area contributed by atoms with Crippen LogP contribution in [0.5, 0.6) is 0 Å². The smallest absolute Gasteiger partial charge is 0.243 e.